The Balaban J connectivity index is 1.55. The first kappa shape index (κ1) is 28.5. The molecule has 202 valence electrons. The first-order chi connectivity index (χ1) is 18.3. The number of benzene rings is 2. The van der Waals surface area contributed by atoms with Crippen LogP contribution in [0.1, 0.15) is 25.7 Å². The fraction of sp³-hybridized carbons (Fsp3) is 0.357. The Hall–Kier alpha value is -2.49. The number of carbonyl (C=O) groups excluding carboxylic acids is 2. The summed E-state index contributed by atoms with van der Waals surface area (Å²) in [5.74, 6) is -0.823. The first-order valence-corrected chi connectivity index (χ1v) is 14.0. The van der Waals surface area contributed by atoms with E-state index in [1.54, 1.807) is 45.4 Å². The maximum Gasteiger partial charge on any atom is 0.254 e. The van der Waals surface area contributed by atoms with E-state index in [0.29, 0.717) is 50.0 Å². The average molecular weight is 579 g/mol. The van der Waals surface area contributed by atoms with Crippen molar-refractivity contribution in [3.05, 3.63) is 91.3 Å². The molecule has 0 atom stereocenters. The lowest BCUT2D eigenvalue weighted by Crippen LogP contribution is -2.47. The zero-order valence-corrected chi connectivity index (χ0v) is 23.5. The Morgan fingerprint density at radius 3 is 2.37 bits per heavy atom. The molecule has 0 aliphatic carbocycles. The van der Waals surface area contributed by atoms with Crippen LogP contribution in [-0.2, 0) is 22.6 Å². The van der Waals surface area contributed by atoms with Crippen LogP contribution in [0, 0.1) is 12.7 Å². The van der Waals surface area contributed by atoms with Gasteiger partial charge in [-0.25, -0.2) is 4.39 Å². The highest BCUT2D eigenvalue weighted by Crippen LogP contribution is 2.24. The van der Waals surface area contributed by atoms with Crippen LogP contribution in [0.5, 0.6) is 0 Å². The average Bonchev–Trinajstić information content (AvgIpc) is 3.33. The number of hydrogen-bond donors (Lipinski definition) is 0. The van der Waals surface area contributed by atoms with E-state index in [-0.39, 0.29) is 29.2 Å². The van der Waals surface area contributed by atoms with Gasteiger partial charge in [-0.05, 0) is 55.0 Å². The van der Waals surface area contributed by atoms with Crippen molar-refractivity contribution in [2.75, 3.05) is 45.9 Å². The molecule has 38 heavy (non-hydrogen) atoms. The maximum atomic E-state index is 13.7. The molecule has 1 aromatic heterocycles. The molecule has 0 bridgehead atoms. The predicted octanol–water partition coefficient (Wildman–Crippen LogP) is 5.51. The second kappa shape index (κ2) is 13.5. The minimum atomic E-state index is -0.331. The number of hydrogen-bond acceptors (Lipinski definition) is 5. The van der Waals surface area contributed by atoms with Crippen molar-refractivity contribution < 1.29 is 18.7 Å². The molecule has 0 unspecified atom stereocenters. The van der Waals surface area contributed by atoms with Crippen LogP contribution in [0.3, 0.4) is 0 Å². The van der Waals surface area contributed by atoms with Crippen molar-refractivity contribution in [1.29, 1.82) is 0 Å². The smallest absolute Gasteiger partial charge is 0.254 e. The van der Waals surface area contributed by atoms with E-state index in [4.69, 9.17) is 27.9 Å². The molecule has 10 heteroatoms. The number of nitrogens with zero attached hydrogens (tertiary/aromatic N) is 3. The van der Waals surface area contributed by atoms with Gasteiger partial charge in [0.05, 0.1) is 29.8 Å². The van der Waals surface area contributed by atoms with E-state index in [1.807, 2.05) is 19.1 Å². The van der Waals surface area contributed by atoms with Gasteiger partial charge in [0.25, 0.3) is 5.91 Å². The Morgan fingerprint density at radius 2 is 1.71 bits per heavy atom. The van der Waals surface area contributed by atoms with Gasteiger partial charge < -0.3 is 14.5 Å². The minimum absolute atomic E-state index is 0.102. The molecule has 4 rings (SSSR count). The number of amides is 2. The van der Waals surface area contributed by atoms with E-state index < -0.39 is 0 Å². The van der Waals surface area contributed by atoms with E-state index in [1.165, 1.54) is 18.2 Å². The van der Waals surface area contributed by atoms with Crippen LogP contribution in [0.15, 0.2) is 54.6 Å². The van der Waals surface area contributed by atoms with Crippen LogP contribution < -0.4 is 0 Å². The highest BCUT2D eigenvalue weighted by atomic mass is 35.5. The summed E-state index contributed by atoms with van der Waals surface area (Å²) >= 11 is 13.9. The summed E-state index contributed by atoms with van der Waals surface area (Å²) in [7, 11) is 0. The van der Waals surface area contributed by atoms with Crippen molar-refractivity contribution in [2.24, 2.45) is 0 Å². The molecule has 0 saturated carbocycles. The summed E-state index contributed by atoms with van der Waals surface area (Å²) in [6.45, 7) is 6.43. The van der Waals surface area contributed by atoms with Gasteiger partial charge in [-0.3, -0.25) is 14.5 Å². The number of carbonyl (C=O) groups is 2. The minimum Gasteiger partial charge on any atom is -0.379 e. The molecule has 0 N–H and O–H groups in total. The molecular formula is C28H30Cl2FN3O3S. The van der Waals surface area contributed by atoms with Gasteiger partial charge in [0, 0.05) is 48.0 Å². The zero-order chi connectivity index (χ0) is 27.1. The van der Waals surface area contributed by atoms with Crippen LogP contribution in [0.4, 0.5) is 4.39 Å². The monoisotopic (exact) mass is 577 g/mol. The van der Waals surface area contributed by atoms with Crippen LogP contribution in [0.25, 0.3) is 0 Å². The molecule has 3 aromatic rings. The number of rotatable bonds is 10. The number of aryl methyl sites for hydroxylation is 1. The van der Waals surface area contributed by atoms with Crippen molar-refractivity contribution >= 4 is 46.4 Å². The van der Waals surface area contributed by atoms with Crippen molar-refractivity contribution in [2.45, 2.75) is 20.0 Å². The van der Waals surface area contributed by atoms with Gasteiger partial charge in [0.2, 0.25) is 5.91 Å². The summed E-state index contributed by atoms with van der Waals surface area (Å²) in [6.07, 6.45) is 0. The molecule has 0 radical (unpaired) electrons. The number of ether oxygens (including phenoxy) is 1. The lowest BCUT2D eigenvalue weighted by Gasteiger charge is -2.31. The molecular weight excluding hydrogens is 548 g/mol. The molecule has 2 heterocycles. The second-order valence-corrected chi connectivity index (χ2v) is 11.4. The van der Waals surface area contributed by atoms with E-state index >= 15 is 0 Å². The third kappa shape index (κ3) is 8.01. The Morgan fingerprint density at radius 1 is 0.974 bits per heavy atom. The molecule has 2 aromatic carbocycles. The standard InChI is InChI=1S/C28H30Cl2FN3O3S/c1-20-2-8-24(38-20)18-34(17-21-3-6-23(31)7-4-21)27(35)19-33(11-10-32-12-14-37-15-13-32)28(36)22-5-9-25(29)26(30)16-22/h2-9,16H,10-15,17-19H2,1H3. The fourth-order valence-corrected chi connectivity index (χ4v) is 5.42. The Labute approximate surface area is 236 Å². The highest BCUT2D eigenvalue weighted by molar-refractivity contribution is 7.11. The number of morpholine rings is 1. The van der Waals surface area contributed by atoms with Gasteiger partial charge >= 0.3 is 0 Å². The van der Waals surface area contributed by atoms with Gasteiger partial charge in [0.15, 0.2) is 0 Å². The van der Waals surface area contributed by atoms with Crippen molar-refractivity contribution in [3.8, 4) is 0 Å². The predicted molar refractivity (Wildman–Crippen MR) is 149 cm³/mol. The number of halogens is 3. The van der Waals surface area contributed by atoms with Gasteiger partial charge in [-0.15, -0.1) is 11.3 Å². The van der Waals surface area contributed by atoms with E-state index in [0.717, 1.165) is 28.4 Å². The van der Waals surface area contributed by atoms with Crippen LogP contribution >= 0.6 is 34.5 Å². The molecule has 1 saturated heterocycles. The van der Waals surface area contributed by atoms with Crippen molar-refractivity contribution in [1.82, 2.24) is 14.7 Å². The van der Waals surface area contributed by atoms with Crippen molar-refractivity contribution in [3.63, 3.8) is 0 Å². The fourth-order valence-electron chi connectivity index (χ4n) is 4.21. The van der Waals surface area contributed by atoms with Crippen LogP contribution in [-0.4, -0.2) is 72.5 Å². The largest absolute Gasteiger partial charge is 0.379 e. The maximum absolute atomic E-state index is 13.7. The first-order valence-electron chi connectivity index (χ1n) is 12.4. The SMILES string of the molecule is Cc1ccc(CN(Cc2ccc(F)cc2)C(=O)CN(CCN2CCOCC2)C(=O)c2ccc(Cl)c(Cl)c2)s1. The Bertz CT molecular complexity index is 1250. The van der Waals surface area contributed by atoms with Gasteiger partial charge in [-0.2, -0.15) is 0 Å². The molecule has 2 amide bonds. The Kier molecular flexibility index (Phi) is 10.2. The summed E-state index contributed by atoms with van der Waals surface area (Å²) in [6, 6.07) is 14.9. The van der Waals surface area contributed by atoms with E-state index in [2.05, 4.69) is 4.90 Å². The lowest BCUT2D eigenvalue weighted by molar-refractivity contribution is -0.133. The molecule has 1 fully saturated rings. The van der Waals surface area contributed by atoms with E-state index in [9.17, 15) is 14.0 Å². The highest BCUT2D eigenvalue weighted by Gasteiger charge is 2.25. The van der Waals surface area contributed by atoms with Gasteiger partial charge in [-0.1, -0.05) is 35.3 Å². The quantitative estimate of drug-likeness (QED) is 0.319. The topological polar surface area (TPSA) is 53.1 Å². The summed E-state index contributed by atoms with van der Waals surface area (Å²) in [4.78, 5) is 35.0. The summed E-state index contributed by atoms with van der Waals surface area (Å²) in [5.41, 5.74) is 1.18. The molecule has 1 aliphatic rings. The second-order valence-electron chi connectivity index (χ2n) is 9.20. The lowest BCUT2D eigenvalue weighted by atomic mass is 10.2. The molecule has 6 nitrogen and oxygen atoms in total. The summed E-state index contributed by atoms with van der Waals surface area (Å²) < 4.78 is 18.9. The summed E-state index contributed by atoms with van der Waals surface area (Å²) in [5, 5.41) is 0.638. The number of thiophene rings is 1. The van der Waals surface area contributed by atoms with Gasteiger partial charge in [0.1, 0.15) is 12.4 Å². The third-order valence-corrected chi connectivity index (χ3v) is 8.08. The normalized spacial score (nSPS) is 13.9. The molecule has 1 aliphatic heterocycles. The third-order valence-electron chi connectivity index (χ3n) is 6.35. The van der Waals surface area contributed by atoms with Crippen LogP contribution in [0.2, 0.25) is 10.0 Å². The molecule has 0 spiro atoms. The zero-order valence-electron chi connectivity index (χ0n) is 21.2.